The van der Waals surface area contributed by atoms with Gasteiger partial charge in [0.1, 0.15) is 6.61 Å². The standard InChI is InChI=1S/C22H28N2O2/c1-17(24-26-14-12-18-5-3-2-4-6-18)19-7-9-20(10-8-19)21-11-13-22(23,15-21)16-25/h2-10,21,25H,11-16,23H2,1H3/t21-,22-/m1/s1. The van der Waals surface area contributed by atoms with Crippen LogP contribution in [0.5, 0.6) is 0 Å². The summed E-state index contributed by atoms with van der Waals surface area (Å²) in [6, 6.07) is 18.7. The molecule has 0 unspecified atom stereocenters. The maximum absolute atomic E-state index is 9.43. The highest BCUT2D eigenvalue weighted by atomic mass is 16.6. The van der Waals surface area contributed by atoms with Gasteiger partial charge in [-0.05, 0) is 48.8 Å². The maximum atomic E-state index is 9.43. The van der Waals surface area contributed by atoms with Gasteiger partial charge in [0.05, 0.1) is 12.3 Å². The van der Waals surface area contributed by atoms with Crippen LogP contribution in [0, 0.1) is 0 Å². The van der Waals surface area contributed by atoms with Crippen molar-refractivity contribution in [1.82, 2.24) is 0 Å². The van der Waals surface area contributed by atoms with E-state index < -0.39 is 5.54 Å². The first kappa shape index (κ1) is 18.6. The molecule has 1 saturated carbocycles. The van der Waals surface area contributed by atoms with Crippen LogP contribution in [0.1, 0.15) is 48.8 Å². The van der Waals surface area contributed by atoms with E-state index in [1.807, 2.05) is 25.1 Å². The zero-order chi connectivity index (χ0) is 18.4. The van der Waals surface area contributed by atoms with Crippen LogP contribution in [0.25, 0.3) is 0 Å². The Morgan fingerprint density at radius 1 is 1.19 bits per heavy atom. The van der Waals surface area contributed by atoms with Crippen LogP contribution < -0.4 is 5.73 Å². The molecule has 0 heterocycles. The second-order valence-corrected chi connectivity index (χ2v) is 7.33. The van der Waals surface area contributed by atoms with E-state index in [9.17, 15) is 5.11 Å². The van der Waals surface area contributed by atoms with Gasteiger partial charge in [-0.25, -0.2) is 0 Å². The van der Waals surface area contributed by atoms with Crippen LogP contribution in [0.2, 0.25) is 0 Å². The van der Waals surface area contributed by atoms with Crippen LogP contribution in [0.4, 0.5) is 0 Å². The molecule has 3 N–H and O–H groups in total. The van der Waals surface area contributed by atoms with Crippen LogP contribution in [0.15, 0.2) is 59.8 Å². The maximum Gasteiger partial charge on any atom is 0.121 e. The topological polar surface area (TPSA) is 67.8 Å². The van der Waals surface area contributed by atoms with Gasteiger partial charge in [0, 0.05) is 12.0 Å². The molecule has 2 aromatic carbocycles. The molecule has 1 fully saturated rings. The van der Waals surface area contributed by atoms with Crippen molar-refractivity contribution in [1.29, 1.82) is 0 Å². The van der Waals surface area contributed by atoms with Crippen molar-refractivity contribution in [2.24, 2.45) is 10.9 Å². The summed E-state index contributed by atoms with van der Waals surface area (Å²) in [6.45, 7) is 2.60. The Morgan fingerprint density at radius 2 is 1.92 bits per heavy atom. The quantitative estimate of drug-likeness (QED) is 0.454. The fraction of sp³-hybridized carbons (Fsp3) is 0.409. The molecule has 3 rings (SSSR count). The first-order chi connectivity index (χ1) is 12.6. The van der Waals surface area contributed by atoms with E-state index in [2.05, 4.69) is 41.6 Å². The zero-order valence-electron chi connectivity index (χ0n) is 15.4. The third-order valence-corrected chi connectivity index (χ3v) is 5.28. The van der Waals surface area contributed by atoms with Gasteiger partial charge < -0.3 is 15.7 Å². The average Bonchev–Trinajstić information content (AvgIpc) is 3.09. The lowest BCUT2D eigenvalue weighted by molar-refractivity contribution is 0.147. The number of aliphatic hydroxyl groups is 1. The average molecular weight is 352 g/mol. The number of oxime groups is 1. The molecule has 1 aliphatic rings. The number of benzene rings is 2. The van der Waals surface area contributed by atoms with Gasteiger partial charge in [-0.3, -0.25) is 0 Å². The van der Waals surface area contributed by atoms with E-state index in [0.717, 1.165) is 37.0 Å². The summed E-state index contributed by atoms with van der Waals surface area (Å²) in [4.78, 5) is 5.47. The largest absolute Gasteiger partial charge is 0.395 e. The van der Waals surface area contributed by atoms with Crippen molar-refractivity contribution in [3.8, 4) is 0 Å². The Morgan fingerprint density at radius 3 is 2.58 bits per heavy atom. The smallest absolute Gasteiger partial charge is 0.121 e. The highest BCUT2D eigenvalue weighted by molar-refractivity contribution is 5.98. The fourth-order valence-corrected chi connectivity index (χ4v) is 3.58. The predicted molar refractivity (Wildman–Crippen MR) is 105 cm³/mol. The minimum Gasteiger partial charge on any atom is -0.395 e. The van der Waals surface area contributed by atoms with Crippen LogP contribution >= 0.6 is 0 Å². The molecule has 2 aromatic rings. The lowest BCUT2D eigenvalue weighted by Gasteiger charge is -2.20. The van der Waals surface area contributed by atoms with Gasteiger partial charge in [-0.15, -0.1) is 0 Å². The number of hydrogen-bond acceptors (Lipinski definition) is 4. The fourth-order valence-electron chi connectivity index (χ4n) is 3.58. The summed E-state index contributed by atoms with van der Waals surface area (Å²) in [5, 5.41) is 13.7. The molecule has 0 aliphatic heterocycles. The Labute approximate surface area is 155 Å². The van der Waals surface area contributed by atoms with Gasteiger partial charge >= 0.3 is 0 Å². The third-order valence-electron chi connectivity index (χ3n) is 5.28. The Bertz CT molecular complexity index is 728. The van der Waals surface area contributed by atoms with Crippen molar-refractivity contribution in [3.05, 3.63) is 71.3 Å². The molecular formula is C22H28N2O2. The van der Waals surface area contributed by atoms with E-state index in [0.29, 0.717) is 12.5 Å². The van der Waals surface area contributed by atoms with Crippen LogP contribution in [-0.2, 0) is 11.3 Å². The number of aliphatic hydroxyl groups excluding tert-OH is 1. The Hall–Kier alpha value is -2.17. The molecule has 26 heavy (non-hydrogen) atoms. The zero-order valence-corrected chi connectivity index (χ0v) is 15.4. The minimum absolute atomic E-state index is 0.0632. The van der Waals surface area contributed by atoms with Gasteiger partial charge in [0.15, 0.2) is 0 Å². The van der Waals surface area contributed by atoms with E-state index in [1.165, 1.54) is 11.1 Å². The molecule has 138 valence electrons. The molecule has 2 atom stereocenters. The van der Waals surface area contributed by atoms with Gasteiger partial charge in [-0.2, -0.15) is 0 Å². The molecule has 0 radical (unpaired) electrons. The normalized spacial score (nSPS) is 23.2. The minimum atomic E-state index is -0.409. The van der Waals surface area contributed by atoms with Gasteiger partial charge in [0.2, 0.25) is 0 Å². The Kier molecular flexibility index (Phi) is 6.07. The lowest BCUT2D eigenvalue weighted by Crippen LogP contribution is -2.40. The number of rotatable bonds is 7. The summed E-state index contributed by atoms with van der Waals surface area (Å²) in [6.07, 6.45) is 3.61. The van der Waals surface area contributed by atoms with Crippen molar-refractivity contribution < 1.29 is 9.94 Å². The van der Waals surface area contributed by atoms with Crippen molar-refractivity contribution in [3.63, 3.8) is 0 Å². The second-order valence-electron chi connectivity index (χ2n) is 7.33. The molecule has 4 nitrogen and oxygen atoms in total. The first-order valence-corrected chi connectivity index (χ1v) is 9.30. The van der Waals surface area contributed by atoms with Crippen LogP contribution in [-0.4, -0.2) is 29.6 Å². The Balaban J connectivity index is 1.53. The lowest BCUT2D eigenvalue weighted by atomic mass is 9.93. The van der Waals surface area contributed by atoms with Crippen molar-refractivity contribution in [2.45, 2.75) is 44.1 Å². The molecule has 0 spiro atoms. The SMILES string of the molecule is CC(=NOCCc1ccccc1)c1ccc([C@@H]2CC[C@](N)(CO)C2)cc1. The summed E-state index contributed by atoms with van der Waals surface area (Å²) >= 11 is 0. The monoisotopic (exact) mass is 352 g/mol. The number of hydrogen-bond donors (Lipinski definition) is 2. The summed E-state index contributed by atoms with van der Waals surface area (Å²) < 4.78 is 0. The van der Waals surface area contributed by atoms with E-state index >= 15 is 0 Å². The molecule has 0 bridgehead atoms. The summed E-state index contributed by atoms with van der Waals surface area (Å²) in [7, 11) is 0. The molecule has 4 heteroatoms. The van der Waals surface area contributed by atoms with E-state index in [-0.39, 0.29) is 6.61 Å². The van der Waals surface area contributed by atoms with Crippen molar-refractivity contribution in [2.75, 3.05) is 13.2 Å². The highest BCUT2D eigenvalue weighted by Gasteiger charge is 2.35. The molecule has 0 amide bonds. The third kappa shape index (κ3) is 4.71. The van der Waals surface area contributed by atoms with Gasteiger partial charge in [0.25, 0.3) is 0 Å². The number of nitrogens with zero attached hydrogens (tertiary/aromatic N) is 1. The molecule has 1 aliphatic carbocycles. The molecule has 0 saturated heterocycles. The summed E-state index contributed by atoms with van der Waals surface area (Å²) in [5.41, 5.74) is 10.3. The van der Waals surface area contributed by atoms with E-state index in [1.54, 1.807) is 0 Å². The second kappa shape index (κ2) is 8.47. The first-order valence-electron chi connectivity index (χ1n) is 9.30. The van der Waals surface area contributed by atoms with Crippen LogP contribution in [0.3, 0.4) is 0 Å². The highest BCUT2D eigenvalue weighted by Crippen LogP contribution is 2.39. The number of nitrogens with two attached hydrogens (primary N) is 1. The molecule has 0 aromatic heterocycles. The molecular weight excluding hydrogens is 324 g/mol. The van der Waals surface area contributed by atoms with Gasteiger partial charge in [-0.1, -0.05) is 59.8 Å². The summed E-state index contributed by atoms with van der Waals surface area (Å²) in [5.74, 6) is 0.431. The predicted octanol–water partition coefficient (Wildman–Crippen LogP) is 3.63. The van der Waals surface area contributed by atoms with Crippen molar-refractivity contribution >= 4 is 5.71 Å². The van der Waals surface area contributed by atoms with E-state index in [4.69, 9.17) is 10.6 Å².